The van der Waals surface area contributed by atoms with Gasteiger partial charge in [0.05, 0.1) is 0 Å². The first-order valence-corrected chi connectivity index (χ1v) is 9.04. The van der Waals surface area contributed by atoms with Crippen LogP contribution in [0.2, 0.25) is 0 Å². The molecule has 4 heteroatoms. The maximum atomic E-state index is 12.0. The van der Waals surface area contributed by atoms with Crippen molar-refractivity contribution in [2.75, 3.05) is 37.6 Å². The van der Waals surface area contributed by atoms with Crippen molar-refractivity contribution in [1.29, 1.82) is 0 Å². The molecule has 1 heterocycles. The number of hydrogen-bond donors (Lipinski definition) is 1. The van der Waals surface area contributed by atoms with Crippen LogP contribution in [0.4, 0.5) is 5.69 Å². The third-order valence-electron chi connectivity index (χ3n) is 5.11. The molecule has 2 fully saturated rings. The number of carbonyl (C=O) groups is 1. The molecule has 0 atom stereocenters. The SMILES string of the molecule is Cc1cccc(N2CCN(CCC(=O)NC3CCCC3)CC2)c1. The standard InChI is InChI=1S/C19H29N3O/c1-16-5-4-8-18(15-16)22-13-11-21(12-14-22)10-9-19(23)20-17-6-2-3-7-17/h4-5,8,15,17H,2-3,6-7,9-14H2,1H3,(H,20,23). The number of anilines is 1. The number of aryl methyl sites for hydroxylation is 1. The van der Waals surface area contributed by atoms with E-state index in [0.29, 0.717) is 12.5 Å². The number of hydrogen-bond acceptors (Lipinski definition) is 3. The Kier molecular flexibility index (Phi) is 5.55. The van der Waals surface area contributed by atoms with Crippen LogP contribution in [0.3, 0.4) is 0 Å². The van der Waals surface area contributed by atoms with Crippen molar-refractivity contribution >= 4 is 11.6 Å². The van der Waals surface area contributed by atoms with Crippen molar-refractivity contribution in [2.24, 2.45) is 0 Å². The quantitative estimate of drug-likeness (QED) is 0.907. The largest absolute Gasteiger partial charge is 0.369 e. The second kappa shape index (κ2) is 7.82. The van der Waals surface area contributed by atoms with E-state index < -0.39 is 0 Å². The lowest BCUT2D eigenvalue weighted by Crippen LogP contribution is -2.47. The van der Waals surface area contributed by atoms with Crippen molar-refractivity contribution in [3.8, 4) is 0 Å². The Morgan fingerprint density at radius 2 is 1.91 bits per heavy atom. The van der Waals surface area contributed by atoms with E-state index in [9.17, 15) is 4.79 Å². The Morgan fingerprint density at radius 3 is 2.61 bits per heavy atom. The van der Waals surface area contributed by atoms with Gasteiger partial charge in [0.1, 0.15) is 0 Å². The van der Waals surface area contributed by atoms with E-state index in [0.717, 1.165) is 32.7 Å². The minimum Gasteiger partial charge on any atom is -0.369 e. The fourth-order valence-corrected chi connectivity index (χ4v) is 3.68. The van der Waals surface area contributed by atoms with Crippen molar-refractivity contribution in [3.05, 3.63) is 29.8 Å². The molecule has 0 bridgehead atoms. The highest BCUT2D eigenvalue weighted by Gasteiger charge is 2.20. The third-order valence-corrected chi connectivity index (χ3v) is 5.11. The summed E-state index contributed by atoms with van der Waals surface area (Å²) in [5.41, 5.74) is 2.64. The number of piperazine rings is 1. The highest BCUT2D eigenvalue weighted by Crippen LogP contribution is 2.19. The fourth-order valence-electron chi connectivity index (χ4n) is 3.68. The van der Waals surface area contributed by atoms with E-state index in [-0.39, 0.29) is 5.91 Å². The molecule has 1 aromatic carbocycles. The van der Waals surface area contributed by atoms with Crippen LogP contribution in [-0.2, 0) is 4.79 Å². The maximum absolute atomic E-state index is 12.0. The minimum absolute atomic E-state index is 0.234. The molecule has 1 N–H and O–H groups in total. The van der Waals surface area contributed by atoms with Gasteiger partial charge in [-0.1, -0.05) is 25.0 Å². The average molecular weight is 315 g/mol. The Bertz CT molecular complexity index is 517. The number of nitrogens with zero attached hydrogens (tertiary/aromatic N) is 2. The van der Waals surface area contributed by atoms with E-state index in [1.165, 1.54) is 36.9 Å². The van der Waals surface area contributed by atoms with Gasteiger partial charge in [-0.25, -0.2) is 0 Å². The summed E-state index contributed by atoms with van der Waals surface area (Å²) < 4.78 is 0. The molecule has 1 amide bonds. The highest BCUT2D eigenvalue weighted by molar-refractivity contribution is 5.76. The van der Waals surface area contributed by atoms with E-state index in [1.54, 1.807) is 0 Å². The number of amides is 1. The molecule has 1 aliphatic heterocycles. The summed E-state index contributed by atoms with van der Waals surface area (Å²) in [5, 5.41) is 3.18. The highest BCUT2D eigenvalue weighted by atomic mass is 16.1. The van der Waals surface area contributed by atoms with Gasteiger partial charge in [0.25, 0.3) is 0 Å². The monoisotopic (exact) mass is 315 g/mol. The molecule has 1 aliphatic carbocycles. The smallest absolute Gasteiger partial charge is 0.221 e. The molecule has 0 radical (unpaired) electrons. The Hall–Kier alpha value is -1.55. The Balaban J connectivity index is 1.38. The maximum Gasteiger partial charge on any atom is 0.221 e. The predicted molar refractivity (Wildman–Crippen MR) is 94.8 cm³/mol. The second-order valence-electron chi connectivity index (χ2n) is 6.97. The van der Waals surface area contributed by atoms with Crippen LogP contribution < -0.4 is 10.2 Å². The molecule has 23 heavy (non-hydrogen) atoms. The van der Waals surface area contributed by atoms with Crippen LogP contribution in [0.5, 0.6) is 0 Å². The first-order valence-electron chi connectivity index (χ1n) is 9.04. The van der Waals surface area contributed by atoms with Gasteiger partial charge in [0, 0.05) is 50.9 Å². The van der Waals surface area contributed by atoms with Gasteiger partial charge >= 0.3 is 0 Å². The molecule has 1 saturated heterocycles. The number of rotatable bonds is 5. The van der Waals surface area contributed by atoms with Gasteiger partial charge in [0.15, 0.2) is 0 Å². The van der Waals surface area contributed by atoms with Gasteiger partial charge in [-0.15, -0.1) is 0 Å². The average Bonchev–Trinajstić information content (AvgIpc) is 3.06. The first kappa shape index (κ1) is 16.3. The lowest BCUT2D eigenvalue weighted by molar-refractivity contribution is -0.122. The summed E-state index contributed by atoms with van der Waals surface area (Å²) in [5.74, 6) is 0.234. The molecular formula is C19H29N3O. The molecule has 3 rings (SSSR count). The van der Waals surface area contributed by atoms with Crippen LogP contribution in [0, 0.1) is 6.92 Å². The zero-order valence-electron chi connectivity index (χ0n) is 14.3. The topological polar surface area (TPSA) is 35.6 Å². The van der Waals surface area contributed by atoms with Crippen molar-refractivity contribution in [3.63, 3.8) is 0 Å². The summed E-state index contributed by atoms with van der Waals surface area (Å²) in [6.45, 7) is 7.22. The molecule has 2 aliphatic rings. The second-order valence-corrected chi connectivity index (χ2v) is 6.97. The van der Waals surface area contributed by atoms with Crippen LogP contribution in [0.25, 0.3) is 0 Å². The summed E-state index contributed by atoms with van der Waals surface area (Å²) in [4.78, 5) is 16.9. The summed E-state index contributed by atoms with van der Waals surface area (Å²) in [6.07, 6.45) is 5.51. The van der Waals surface area contributed by atoms with Gasteiger partial charge in [0.2, 0.25) is 5.91 Å². The Morgan fingerprint density at radius 1 is 1.17 bits per heavy atom. The molecule has 0 unspecified atom stereocenters. The third kappa shape index (κ3) is 4.71. The van der Waals surface area contributed by atoms with Gasteiger partial charge in [-0.3, -0.25) is 9.69 Å². The lowest BCUT2D eigenvalue weighted by Gasteiger charge is -2.36. The van der Waals surface area contributed by atoms with Crippen LogP contribution in [0.15, 0.2) is 24.3 Å². The molecule has 4 nitrogen and oxygen atoms in total. The molecule has 1 aromatic rings. The molecule has 126 valence electrons. The molecule has 1 saturated carbocycles. The number of nitrogens with one attached hydrogen (secondary N) is 1. The summed E-state index contributed by atoms with van der Waals surface area (Å²) in [7, 11) is 0. The van der Waals surface area contributed by atoms with Gasteiger partial charge in [-0.2, -0.15) is 0 Å². The number of benzene rings is 1. The van der Waals surface area contributed by atoms with Crippen LogP contribution >= 0.6 is 0 Å². The Labute approximate surface area is 139 Å². The van der Waals surface area contributed by atoms with E-state index in [1.807, 2.05) is 0 Å². The normalized spacial score (nSPS) is 20.0. The fraction of sp³-hybridized carbons (Fsp3) is 0.632. The van der Waals surface area contributed by atoms with Crippen LogP contribution in [-0.4, -0.2) is 49.6 Å². The molecule has 0 aromatic heterocycles. The van der Waals surface area contributed by atoms with Crippen LogP contribution in [0.1, 0.15) is 37.7 Å². The summed E-state index contributed by atoms with van der Waals surface area (Å²) >= 11 is 0. The minimum atomic E-state index is 0.234. The van der Waals surface area contributed by atoms with E-state index in [4.69, 9.17) is 0 Å². The van der Waals surface area contributed by atoms with Crippen molar-refractivity contribution in [1.82, 2.24) is 10.2 Å². The van der Waals surface area contributed by atoms with Gasteiger partial charge in [-0.05, 0) is 37.5 Å². The van der Waals surface area contributed by atoms with E-state index >= 15 is 0 Å². The zero-order valence-corrected chi connectivity index (χ0v) is 14.3. The van der Waals surface area contributed by atoms with E-state index in [2.05, 4.69) is 46.3 Å². The molecular weight excluding hydrogens is 286 g/mol. The predicted octanol–water partition coefficient (Wildman–Crippen LogP) is 2.57. The summed E-state index contributed by atoms with van der Waals surface area (Å²) in [6, 6.07) is 9.16. The van der Waals surface area contributed by atoms with Gasteiger partial charge < -0.3 is 10.2 Å². The molecule has 0 spiro atoms. The first-order chi connectivity index (χ1) is 11.2. The van der Waals surface area contributed by atoms with Crippen molar-refractivity contribution in [2.45, 2.75) is 45.1 Å². The van der Waals surface area contributed by atoms with Crippen molar-refractivity contribution < 1.29 is 4.79 Å². The number of carbonyl (C=O) groups excluding carboxylic acids is 1. The lowest BCUT2D eigenvalue weighted by atomic mass is 10.2. The zero-order chi connectivity index (χ0) is 16.1.